The van der Waals surface area contributed by atoms with E-state index in [0.717, 1.165) is 10.6 Å². The van der Waals surface area contributed by atoms with E-state index < -0.39 is 31.0 Å². The Bertz CT molecular complexity index is 490. The Balaban J connectivity index is 2.94. The van der Waals surface area contributed by atoms with E-state index >= 15 is 0 Å². The van der Waals surface area contributed by atoms with Gasteiger partial charge in [0.05, 0.1) is 6.07 Å². The molecule has 1 N–H and O–H groups in total. The van der Waals surface area contributed by atoms with Crippen molar-refractivity contribution < 1.29 is 16.8 Å². The van der Waals surface area contributed by atoms with E-state index in [1.165, 1.54) is 0 Å². The molecule has 0 aromatic heterocycles. The van der Waals surface area contributed by atoms with Crippen LogP contribution in [0.4, 0.5) is 0 Å². The van der Waals surface area contributed by atoms with Crippen molar-refractivity contribution in [3.05, 3.63) is 0 Å². The maximum absolute atomic E-state index is 11.7. The highest BCUT2D eigenvalue weighted by Crippen LogP contribution is 2.11. The maximum Gasteiger partial charge on any atom is 0.229 e. The number of rotatable bonds is 3. The first-order valence-electron chi connectivity index (χ1n) is 4.54. The van der Waals surface area contributed by atoms with Crippen LogP contribution in [0.25, 0.3) is 0 Å². The predicted octanol–water partition coefficient (Wildman–Crippen LogP) is -1.88. The summed E-state index contributed by atoms with van der Waals surface area (Å²) < 4.78 is 46.4. The molecule has 1 saturated heterocycles. The van der Waals surface area contributed by atoms with Crippen molar-refractivity contribution in [1.82, 2.24) is 9.62 Å². The van der Waals surface area contributed by atoms with Crippen LogP contribution in [0.1, 0.15) is 0 Å². The van der Waals surface area contributed by atoms with Gasteiger partial charge in [0.15, 0.2) is 14.9 Å². The normalized spacial score (nSPS) is 23.9. The molecule has 0 amide bonds. The highest BCUT2D eigenvalue weighted by Gasteiger charge is 2.34. The number of sulfone groups is 1. The number of nitriles is 1. The summed E-state index contributed by atoms with van der Waals surface area (Å²) >= 11 is 0. The molecule has 1 rings (SSSR count). The molecular weight excluding hydrogens is 254 g/mol. The quantitative estimate of drug-likeness (QED) is 0.641. The van der Waals surface area contributed by atoms with Crippen LogP contribution in [-0.4, -0.2) is 58.2 Å². The molecule has 92 valence electrons. The van der Waals surface area contributed by atoms with Crippen molar-refractivity contribution in [2.45, 2.75) is 6.04 Å². The Morgan fingerprint density at radius 2 is 2.06 bits per heavy atom. The van der Waals surface area contributed by atoms with E-state index in [4.69, 9.17) is 5.26 Å². The summed E-state index contributed by atoms with van der Waals surface area (Å²) in [5.41, 5.74) is 0. The van der Waals surface area contributed by atoms with Gasteiger partial charge in [-0.2, -0.15) is 9.57 Å². The summed E-state index contributed by atoms with van der Waals surface area (Å²) in [6.45, 7) is 0.761. The summed E-state index contributed by atoms with van der Waals surface area (Å²) in [5.74, 6) is 0. The third kappa shape index (κ3) is 3.41. The zero-order chi connectivity index (χ0) is 12.4. The van der Waals surface area contributed by atoms with Crippen LogP contribution < -0.4 is 5.32 Å². The van der Waals surface area contributed by atoms with Gasteiger partial charge in [-0.1, -0.05) is 0 Å². The molecule has 1 aliphatic rings. The Morgan fingerprint density at radius 1 is 1.44 bits per heavy atom. The van der Waals surface area contributed by atoms with Gasteiger partial charge in [0, 0.05) is 25.9 Å². The number of hydrogen-bond acceptors (Lipinski definition) is 6. The summed E-state index contributed by atoms with van der Waals surface area (Å²) in [6, 6.07) is 1.00. The fourth-order valence-electron chi connectivity index (χ4n) is 1.47. The molecule has 16 heavy (non-hydrogen) atoms. The van der Waals surface area contributed by atoms with Gasteiger partial charge < -0.3 is 5.32 Å². The Morgan fingerprint density at radius 3 is 2.56 bits per heavy atom. The molecule has 1 aliphatic heterocycles. The van der Waals surface area contributed by atoms with Crippen molar-refractivity contribution in [2.75, 3.05) is 31.0 Å². The SMILES string of the molecule is CS(=O)(=O)CS(=O)(=O)N1CCNCC1C#N. The van der Waals surface area contributed by atoms with Gasteiger partial charge in [0.1, 0.15) is 6.04 Å². The van der Waals surface area contributed by atoms with Crippen molar-refractivity contribution in [3.63, 3.8) is 0 Å². The number of nitrogens with zero attached hydrogens (tertiary/aromatic N) is 2. The van der Waals surface area contributed by atoms with Crippen LogP contribution in [-0.2, 0) is 19.9 Å². The molecule has 7 nitrogen and oxygen atoms in total. The van der Waals surface area contributed by atoms with Gasteiger partial charge in [-0.25, -0.2) is 16.8 Å². The zero-order valence-electron chi connectivity index (χ0n) is 8.75. The molecular formula is C7H13N3O4S2. The lowest BCUT2D eigenvalue weighted by molar-refractivity contribution is 0.313. The van der Waals surface area contributed by atoms with Crippen LogP contribution in [0.15, 0.2) is 0 Å². The average molecular weight is 267 g/mol. The standard InChI is InChI=1S/C7H13N3O4S2/c1-15(11,12)6-16(13,14)10-3-2-9-5-7(10)4-8/h7,9H,2-3,5-6H2,1H3. The molecule has 1 unspecified atom stereocenters. The summed E-state index contributed by atoms with van der Waals surface area (Å²) in [5, 5.41) is 10.7. The lowest BCUT2D eigenvalue weighted by atomic mass is 10.3. The van der Waals surface area contributed by atoms with Crippen LogP contribution in [0.5, 0.6) is 0 Å². The Labute approximate surface area is 95.0 Å². The monoisotopic (exact) mass is 267 g/mol. The van der Waals surface area contributed by atoms with Crippen LogP contribution >= 0.6 is 0 Å². The molecule has 0 aromatic rings. The molecule has 1 fully saturated rings. The summed E-state index contributed by atoms with van der Waals surface area (Å²) in [7, 11) is -7.54. The van der Waals surface area contributed by atoms with E-state index in [1.807, 2.05) is 6.07 Å². The molecule has 1 heterocycles. The van der Waals surface area contributed by atoms with Crippen molar-refractivity contribution in [1.29, 1.82) is 5.26 Å². The molecule has 0 radical (unpaired) electrons. The van der Waals surface area contributed by atoms with E-state index in [1.54, 1.807) is 0 Å². The number of sulfonamides is 1. The number of nitrogens with one attached hydrogen (secondary N) is 1. The van der Waals surface area contributed by atoms with Crippen LogP contribution in [0.3, 0.4) is 0 Å². The third-order valence-electron chi connectivity index (χ3n) is 2.06. The predicted molar refractivity (Wildman–Crippen MR) is 57.6 cm³/mol. The second-order valence-corrected chi connectivity index (χ2v) is 8.04. The first-order valence-corrected chi connectivity index (χ1v) is 8.21. The topological polar surface area (TPSA) is 107 Å². The number of hydrogen-bond donors (Lipinski definition) is 1. The molecule has 0 spiro atoms. The van der Waals surface area contributed by atoms with Crippen LogP contribution in [0.2, 0.25) is 0 Å². The Hall–Kier alpha value is -0.690. The van der Waals surface area contributed by atoms with Gasteiger partial charge in [0.25, 0.3) is 0 Å². The smallest absolute Gasteiger partial charge is 0.229 e. The minimum Gasteiger partial charge on any atom is -0.313 e. The van der Waals surface area contributed by atoms with Gasteiger partial charge in [-0.15, -0.1) is 0 Å². The first-order chi connectivity index (χ1) is 7.26. The second-order valence-electron chi connectivity index (χ2n) is 3.62. The van der Waals surface area contributed by atoms with Gasteiger partial charge in [-0.05, 0) is 0 Å². The number of piperazine rings is 1. The fourth-order valence-corrected chi connectivity index (χ4v) is 5.05. The van der Waals surface area contributed by atoms with E-state index in [2.05, 4.69) is 5.32 Å². The van der Waals surface area contributed by atoms with Gasteiger partial charge >= 0.3 is 0 Å². The first kappa shape index (κ1) is 13.4. The van der Waals surface area contributed by atoms with Gasteiger partial charge in [-0.3, -0.25) is 0 Å². The lowest BCUT2D eigenvalue weighted by Gasteiger charge is -2.30. The highest BCUT2D eigenvalue weighted by atomic mass is 32.3. The van der Waals surface area contributed by atoms with Crippen molar-refractivity contribution in [3.8, 4) is 6.07 Å². The van der Waals surface area contributed by atoms with Crippen LogP contribution in [0, 0.1) is 11.3 Å². The molecule has 9 heteroatoms. The minimum atomic E-state index is -3.92. The minimum absolute atomic E-state index is 0.121. The highest BCUT2D eigenvalue weighted by molar-refractivity contribution is 8.06. The second kappa shape index (κ2) is 4.67. The Kier molecular flexibility index (Phi) is 3.90. The summed E-state index contributed by atoms with van der Waals surface area (Å²) in [4.78, 5) is 0. The molecule has 0 saturated carbocycles. The average Bonchev–Trinajstić information content (AvgIpc) is 2.14. The fraction of sp³-hybridized carbons (Fsp3) is 0.857. The van der Waals surface area contributed by atoms with Gasteiger partial charge in [0.2, 0.25) is 10.0 Å². The largest absolute Gasteiger partial charge is 0.313 e. The molecule has 1 atom stereocenters. The van der Waals surface area contributed by atoms with E-state index in [-0.39, 0.29) is 13.1 Å². The lowest BCUT2D eigenvalue weighted by Crippen LogP contribution is -2.53. The summed E-state index contributed by atoms with van der Waals surface area (Å²) in [6.07, 6.45) is 0.855. The van der Waals surface area contributed by atoms with Crippen molar-refractivity contribution >= 4 is 19.9 Å². The maximum atomic E-state index is 11.7. The van der Waals surface area contributed by atoms with E-state index in [9.17, 15) is 16.8 Å². The molecule has 0 aliphatic carbocycles. The molecule has 0 aromatic carbocycles. The van der Waals surface area contributed by atoms with E-state index in [0.29, 0.717) is 6.54 Å². The zero-order valence-corrected chi connectivity index (χ0v) is 10.4. The third-order valence-corrected chi connectivity index (χ3v) is 6.12. The molecule has 0 bridgehead atoms. The van der Waals surface area contributed by atoms with Crippen molar-refractivity contribution in [2.24, 2.45) is 0 Å².